The van der Waals surface area contributed by atoms with Crippen LogP contribution in [0.1, 0.15) is 49.9 Å². The molecule has 32 heavy (non-hydrogen) atoms. The van der Waals surface area contributed by atoms with Gasteiger partial charge < -0.3 is 19.3 Å². The molecule has 3 fully saturated rings. The minimum absolute atomic E-state index is 0.00615. The summed E-state index contributed by atoms with van der Waals surface area (Å²) >= 11 is 0. The van der Waals surface area contributed by atoms with E-state index in [4.69, 9.17) is 4.74 Å². The molecule has 5 rings (SSSR count). The van der Waals surface area contributed by atoms with Crippen molar-refractivity contribution in [1.82, 2.24) is 14.4 Å². The highest BCUT2D eigenvalue weighted by atomic mass is 16.5. The fraction of sp³-hybridized carbons (Fsp3) is 0.680. The van der Waals surface area contributed by atoms with Gasteiger partial charge in [-0.15, -0.1) is 0 Å². The molecular weight excluding hydrogens is 406 g/mol. The second kappa shape index (κ2) is 9.12. The van der Waals surface area contributed by atoms with Crippen LogP contribution in [0.5, 0.6) is 0 Å². The molecule has 2 bridgehead atoms. The van der Waals surface area contributed by atoms with E-state index in [9.17, 15) is 14.7 Å². The van der Waals surface area contributed by atoms with Crippen molar-refractivity contribution < 1.29 is 14.6 Å². The number of aliphatic hydroxyl groups is 1. The van der Waals surface area contributed by atoms with Crippen molar-refractivity contribution in [2.24, 2.45) is 17.8 Å². The number of hydrogen-bond donors (Lipinski definition) is 1. The van der Waals surface area contributed by atoms with Crippen LogP contribution in [0.4, 0.5) is 0 Å². The number of ether oxygens (including phenoxy) is 1. The molecule has 0 radical (unpaired) electrons. The number of pyridine rings is 1. The van der Waals surface area contributed by atoms with Crippen LogP contribution in [0.3, 0.4) is 0 Å². The molecule has 174 valence electrons. The molecule has 1 amide bonds. The molecule has 0 spiro atoms. The maximum absolute atomic E-state index is 13.8. The summed E-state index contributed by atoms with van der Waals surface area (Å²) in [5.74, 6) is 0.248. The molecule has 7 heteroatoms. The Bertz CT molecular complexity index is 930. The van der Waals surface area contributed by atoms with Crippen molar-refractivity contribution in [2.75, 3.05) is 39.5 Å². The second-order valence-corrected chi connectivity index (χ2v) is 9.80. The summed E-state index contributed by atoms with van der Waals surface area (Å²) in [6.07, 6.45) is 8.74. The molecular formula is C25H35N3O4. The fourth-order valence-electron chi connectivity index (χ4n) is 6.56. The zero-order chi connectivity index (χ0) is 22.2. The van der Waals surface area contributed by atoms with Gasteiger partial charge in [0.05, 0.1) is 25.2 Å². The summed E-state index contributed by atoms with van der Waals surface area (Å²) in [7, 11) is 0. The lowest BCUT2D eigenvalue weighted by Crippen LogP contribution is -2.48. The van der Waals surface area contributed by atoms with Gasteiger partial charge in [0.2, 0.25) is 5.91 Å². The first kappa shape index (κ1) is 21.9. The molecule has 4 heterocycles. The number of nitrogens with zero attached hydrogens (tertiary/aromatic N) is 3. The Hall–Kier alpha value is -1.96. The van der Waals surface area contributed by atoms with Crippen LogP contribution in [0.25, 0.3) is 6.08 Å². The average Bonchev–Trinajstić information content (AvgIpc) is 3.40. The van der Waals surface area contributed by atoms with Gasteiger partial charge in [0.25, 0.3) is 5.56 Å². The van der Waals surface area contributed by atoms with Gasteiger partial charge in [-0.3, -0.25) is 14.5 Å². The minimum atomic E-state index is -0.328. The highest BCUT2D eigenvalue weighted by Crippen LogP contribution is 2.49. The number of aromatic nitrogens is 1. The third-order valence-electron chi connectivity index (χ3n) is 8.10. The van der Waals surface area contributed by atoms with E-state index in [-0.39, 0.29) is 42.0 Å². The Morgan fingerprint density at radius 3 is 2.66 bits per heavy atom. The van der Waals surface area contributed by atoms with Gasteiger partial charge in [-0.05, 0) is 37.8 Å². The van der Waals surface area contributed by atoms with Crippen molar-refractivity contribution in [2.45, 2.75) is 51.2 Å². The number of fused-ring (bicyclic) bond motifs is 4. The van der Waals surface area contributed by atoms with E-state index in [1.54, 1.807) is 0 Å². The Morgan fingerprint density at radius 2 is 1.97 bits per heavy atom. The largest absolute Gasteiger partial charge is 0.396 e. The summed E-state index contributed by atoms with van der Waals surface area (Å²) in [5.41, 5.74) is 1.61. The maximum atomic E-state index is 13.8. The summed E-state index contributed by atoms with van der Waals surface area (Å²) in [6.45, 7) is 5.68. The zero-order valence-electron chi connectivity index (χ0n) is 19.0. The molecule has 1 aromatic rings. The Morgan fingerprint density at radius 1 is 1.22 bits per heavy atom. The Balaban J connectivity index is 1.57. The van der Waals surface area contributed by atoms with Gasteiger partial charge >= 0.3 is 0 Å². The molecule has 3 aliphatic heterocycles. The number of carbonyl (C=O) groups is 1. The van der Waals surface area contributed by atoms with E-state index in [1.807, 2.05) is 40.7 Å². The predicted octanol–water partition coefficient (Wildman–Crippen LogP) is 1.89. The van der Waals surface area contributed by atoms with Crippen molar-refractivity contribution in [3.63, 3.8) is 0 Å². The first-order valence-corrected chi connectivity index (χ1v) is 12.2. The van der Waals surface area contributed by atoms with Gasteiger partial charge in [-0.25, -0.2) is 0 Å². The van der Waals surface area contributed by atoms with Gasteiger partial charge in [-0.1, -0.05) is 25.0 Å². The number of carbonyl (C=O) groups excluding carboxylic acids is 1. The van der Waals surface area contributed by atoms with Crippen molar-refractivity contribution >= 4 is 12.0 Å². The predicted molar refractivity (Wildman–Crippen MR) is 122 cm³/mol. The summed E-state index contributed by atoms with van der Waals surface area (Å²) in [5, 5.41) is 10.5. The summed E-state index contributed by atoms with van der Waals surface area (Å²) in [6, 6.07) is 3.78. The molecule has 4 atom stereocenters. The Labute approximate surface area is 189 Å². The summed E-state index contributed by atoms with van der Waals surface area (Å²) in [4.78, 5) is 31.4. The average molecular weight is 442 g/mol. The molecule has 0 unspecified atom stereocenters. The lowest BCUT2D eigenvalue weighted by molar-refractivity contribution is -0.142. The van der Waals surface area contributed by atoms with Crippen LogP contribution in [-0.2, 0) is 16.1 Å². The van der Waals surface area contributed by atoms with Crippen molar-refractivity contribution in [1.29, 1.82) is 0 Å². The molecule has 2 saturated heterocycles. The molecule has 1 aliphatic carbocycles. The number of allylic oxidation sites excluding steroid dienone is 1. The van der Waals surface area contributed by atoms with Gasteiger partial charge in [0, 0.05) is 56.0 Å². The van der Waals surface area contributed by atoms with Crippen molar-refractivity contribution in [3.8, 4) is 0 Å². The highest BCUT2D eigenvalue weighted by Gasteiger charge is 2.56. The molecule has 0 aromatic carbocycles. The molecule has 7 nitrogen and oxygen atoms in total. The quantitative estimate of drug-likeness (QED) is 0.755. The molecule has 4 aliphatic rings. The SMILES string of the molecule is C/C=C/c1ccc2n(c1=O)C[C@@H]1[C@@H](CO)[C@H](C(=O)N3CCOCC3)[C@H]2N1CC1CCCC1. The van der Waals surface area contributed by atoms with E-state index in [0.717, 1.165) is 12.2 Å². The first-order valence-electron chi connectivity index (χ1n) is 12.2. The monoisotopic (exact) mass is 441 g/mol. The second-order valence-electron chi connectivity index (χ2n) is 9.80. The third kappa shape index (κ3) is 3.64. The standard InChI is InChI=1S/C25H35N3O4/c1-2-5-18-8-9-20-23-22(25(31)26-10-12-32-13-11-26)19(16-29)21(15-28(20)24(18)30)27(23)14-17-6-3-4-7-17/h2,5,8-9,17,19,21-23,29H,3-4,6-7,10-16H2,1H3/b5-2+/t19-,21-,22+,23+/m1/s1. The third-order valence-corrected chi connectivity index (χ3v) is 8.10. The lowest BCUT2D eigenvalue weighted by Gasteiger charge is -2.40. The van der Waals surface area contributed by atoms with Crippen LogP contribution in [0, 0.1) is 17.8 Å². The van der Waals surface area contributed by atoms with Gasteiger partial charge in [0.15, 0.2) is 0 Å². The molecule has 1 saturated carbocycles. The van der Waals surface area contributed by atoms with E-state index in [1.165, 1.54) is 25.7 Å². The smallest absolute Gasteiger partial charge is 0.258 e. The van der Waals surface area contributed by atoms with E-state index >= 15 is 0 Å². The Kier molecular flexibility index (Phi) is 6.23. The summed E-state index contributed by atoms with van der Waals surface area (Å²) < 4.78 is 7.34. The van der Waals surface area contributed by atoms with E-state index in [0.29, 0.717) is 44.3 Å². The zero-order valence-corrected chi connectivity index (χ0v) is 19.0. The van der Waals surface area contributed by atoms with Crippen LogP contribution < -0.4 is 5.56 Å². The number of amides is 1. The number of rotatable bonds is 5. The lowest BCUT2D eigenvalue weighted by atomic mass is 9.86. The van der Waals surface area contributed by atoms with E-state index in [2.05, 4.69) is 4.90 Å². The maximum Gasteiger partial charge on any atom is 0.258 e. The van der Waals surface area contributed by atoms with Crippen LogP contribution in [0.15, 0.2) is 23.0 Å². The normalized spacial score (nSPS) is 30.9. The highest BCUT2D eigenvalue weighted by molar-refractivity contribution is 5.81. The van der Waals surface area contributed by atoms with Gasteiger partial charge in [0.1, 0.15) is 0 Å². The molecule has 1 aromatic heterocycles. The van der Waals surface area contributed by atoms with Crippen molar-refractivity contribution in [3.05, 3.63) is 39.8 Å². The number of aliphatic hydroxyl groups excluding tert-OH is 1. The topological polar surface area (TPSA) is 75.0 Å². The van der Waals surface area contributed by atoms with Crippen LogP contribution >= 0.6 is 0 Å². The number of morpholine rings is 1. The fourth-order valence-corrected chi connectivity index (χ4v) is 6.56. The molecule has 1 N–H and O–H groups in total. The number of hydrogen-bond acceptors (Lipinski definition) is 5. The van der Waals surface area contributed by atoms with Crippen LogP contribution in [-0.4, -0.2) is 70.9 Å². The first-order chi connectivity index (χ1) is 15.6. The van der Waals surface area contributed by atoms with Gasteiger partial charge in [-0.2, -0.15) is 0 Å². The van der Waals surface area contributed by atoms with E-state index < -0.39 is 0 Å². The minimum Gasteiger partial charge on any atom is -0.396 e. The van der Waals surface area contributed by atoms with Crippen LogP contribution in [0.2, 0.25) is 0 Å².